The summed E-state index contributed by atoms with van der Waals surface area (Å²) in [5.74, 6) is 0.414. The summed E-state index contributed by atoms with van der Waals surface area (Å²) in [6.07, 6.45) is 2.01. The molecule has 0 aromatic heterocycles. The number of benzene rings is 1. The van der Waals surface area contributed by atoms with Crippen LogP contribution in [-0.2, 0) is 4.79 Å². The van der Waals surface area contributed by atoms with Gasteiger partial charge in [-0.25, -0.2) is 4.79 Å². The number of nitrogens with one attached hydrogen (secondary N) is 2. The molecule has 0 aliphatic carbocycles. The number of hydrogen-bond acceptors (Lipinski definition) is 3. The Morgan fingerprint density at radius 1 is 1.12 bits per heavy atom. The number of hydrogen-bond donors (Lipinski definition) is 2. The Hall–Kier alpha value is -2.57. The fraction of sp³-hybridized carbons (Fsp3) is 0.500. The van der Waals surface area contributed by atoms with Crippen molar-refractivity contribution in [2.24, 2.45) is 5.92 Å². The summed E-state index contributed by atoms with van der Waals surface area (Å²) in [4.78, 5) is 40.0. The zero-order chi connectivity index (χ0) is 17.8. The van der Waals surface area contributed by atoms with Crippen molar-refractivity contribution < 1.29 is 14.4 Å². The van der Waals surface area contributed by atoms with E-state index in [-0.39, 0.29) is 24.4 Å². The van der Waals surface area contributed by atoms with E-state index in [1.807, 2.05) is 4.90 Å². The first-order valence-corrected chi connectivity index (χ1v) is 8.75. The average Bonchev–Trinajstić information content (AvgIpc) is 2.62. The monoisotopic (exact) mass is 344 g/mol. The zero-order valence-corrected chi connectivity index (χ0v) is 14.5. The molecule has 3 rings (SSSR count). The number of para-hydroxylation sites is 1. The molecule has 2 aliphatic heterocycles. The second kappa shape index (κ2) is 7.55. The first-order chi connectivity index (χ1) is 12.0. The van der Waals surface area contributed by atoms with Crippen LogP contribution in [0.15, 0.2) is 24.3 Å². The molecule has 2 saturated heterocycles. The summed E-state index contributed by atoms with van der Waals surface area (Å²) in [5, 5.41) is 5.47. The molecule has 1 aromatic carbocycles. The Bertz CT molecular complexity index is 668. The van der Waals surface area contributed by atoms with E-state index in [1.54, 1.807) is 24.3 Å². The average molecular weight is 344 g/mol. The fourth-order valence-electron chi connectivity index (χ4n) is 3.17. The van der Waals surface area contributed by atoms with Gasteiger partial charge in [-0.2, -0.15) is 0 Å². The summed E-state index contributed by atoms with van der Waals surface area (Å²) >= 11 is 0. The van der Waals surface area contributed by atoms with Crippen LogP contribution in [0.1, 0.15) is 30.1 Å². The molecule has 25 heavy (non-hydrogen) atoms. The lowest BCUT2D eigenvalue weighted by Gasteiger charge is -2.31. The van der Waals surface area contributed by atoms with Crippen molar-refractivity contribution >= 4 is 23.5 Å². The van der Waals surface area contributed by atoms with Crippen molar-refractivity contribution in [2.75, 3.05) is 38.0 Å². The topological polar surface area (TPSA) is 81.8 Å². The minimum atomic E-state index is -0.359. The van der Waals surface area contributed by atoms with Gasteiger partial charge >= 0.3 is 6.03 Å². The van der Waals surface area contributed by atoms with Gasteiger partial charge in [0.1, 0.15) is 6.54 Å². The van der Waals surface area contributed by atoms with Crippen LogP contribution in [0.4, 0.5) is 10.5 Å². The standard InChI is InChI=1S/C18H24N4O3/c1-13-6-9-21(10-7-13)17(24)14-4-2-3-5-15(14)20-18(25)22-11-8-19-16(23)12-22/h2-5,13H,6-12H2,1H3,(H,19,23)(H,20,25). The van der Waals surface area contributed by atoms with Gasteiger partial charge in [0.2, 0.25) is 5.91 Å². The fourth-order valence-corrected chi connectivity index (χ4v) is 3.17. The van der Waals surface area contributed by atoms with Gasteiger partial charge in [0.05, 0.1) is 11.3 Å². The number of nitrogens with zero attached hydrogens (tertiary/aromatic N) is 2. The van der Waals surface area contributed by atoms with Crippen molar-refractivity contribution in [3.8, 4) is 0 Å². The third kappa shape index (κ3) is 4.10. The third-order valence-electron chi connectivity index (χ3n) is 4.80. The lowest BCUT2D eigenvalue weighted by Crippen LogP contribution is -2.51. The molecule has 2 aliphatic rings. The quantitative estimate of drug-likeness (QED) is 0.853. The van der Waals surface area contributed by atoms with E-state index >= 15 is 0 Å². The number of piperazine rings is 1. The molecular weight excluding hydrogens is 320 g/mol. The Labute approximate surface area is 147 Å². The van der Waals surface area contributed by atoms with E-state index in [4.69, 9.17) is 0 Å². The Morgan fingerprint density at radius 3 is 2.56 bits per heavy atom. The van der Waals surface area contributed by atoms with Gasteiger partial charge in [-0.3, -0.25) is 9.59 Å². The van der Waals surface area contributed by atoms with Gasteiger partial charge in [-0.15, -0.1) is 0 Å². The minimum Gasteiger partial charge on any atom is -0.353 e. The van der Waals surface area contributed by atoms with E-state index in [2.05, 4.69) is 17.6 Å². The van der Waals surface area contributed by atoms with E-state index in [0.29, 0.717) is 30.3 Å². The zero-order valence-electron chi connectivity index (χ0n) is 14.5. The van der Waals surface area contributed by atoms with Crippen LogP contribution in [0.3, 0.4) is 0 Å². The number of amides is 4. The molecule has 4 amide bonds. The van der Waals surface area contributed by atoms with E-state index in [9.17, 15) is 14.4 Å². The van der Waals surface area contributed by atoms with Crippen molar-refractivity contribution in [3.63, 3.8) is 0 Å². The molecule has 2 N–H and O–H groups in total. The number of likely N-dealkylation sites (tertiary alicyclic amines) is 1. The lowest BCUT2D eigenvalue weighted by atomic mass is 9.98. The van der Waals surface area contributed by atoms with E-state index < -0.39 is 0 Å². The molecule has 2 heterocycles. The highest BCUT2D eigenvalue weighted by Gasteiger charge is 2.25. The summed E-state index contributed by atoms with van der Waals surface area (Å²) in [7, 11) is 0. The van der Waals surface area contributed by atoms with Crippen molar-refractivity contribution in [1.29, 1.82) is 0 Å². The Morgan fingerprint density at radius 2 is 1.84 bits per heavy atom. The summed E-state index contributed by atoms with van der Waals surface area (Å²) in [6, 6.07) is 6.68. The van der Waals surface area contributed by atoms with Crippen LogP contribution >= 0.6 is 0 Å². The molecule has 0 spiro atoms. The second-order valence-corrected chi connectivity index (χ2v) is 6.72. The number of anilines is 1. The van der Waals surface area contributed by atoms with Crippen molar-refractivity contribution in [3.05, 3.63) is 29.8 Å². The lowest BCUT2D eigenvalue weighted by molar-refractivity contribution is -0.123. The van der Waals surface area contributed by atoms with Crippen LogP contribution in [0, 0.1) is 5.92 Å². The smallest absolute Gasteiger partial charge is 0.322 e. The predicted octanol–water partition coefficient (Wildman–Crippen LogP) is 1.52. The molecule has 1 aromatic rings. The van der Waals surface area contributed by atoms with Gasteiger partial charge in [0.25, 0.3) is 5.91 Å². The number of carbonyl (C=O) groups excluding carboxylic acids is 3. The van der Waals surface area contributed by atoms with Gasteiger partial charge in [-0.05, 0) is 30.9 Å². The molecular formula is C18H24N4O3. The largest absolute Gasteiger partial charge is 0.353 e. The first-order valence-electron chi connectivity index (χ1n) is 8.75. The maximum absolute atomic E-state index is 12.8. The van der Waals surface area contributed by atoms with E-state index in [0.717, 1.165) is 25.9 Å². The summed E-state index contributed by atoms with van der Waals surface area (Å²) < 4.78 is 0. The Kier molecular flexibility index (Phi) is 5.21. The highest BCUT2D eigenvalue weighted by molar-refractivity contribution is 6.04. The molecule has 0 bridgehead atoms. The van der Waals surface area contributed by atoms with Crippen molar-refractivity contribution in [1.82, 2.24) is 15.1 Å². The van der Waals surface area contributed by atoms with Crippen LogP contribution < -0.4 is 10.6 Å². The molecule has 134 valence electrons. The summed E-state index contributed by atoms with van der Waals surface area (Å²) in [6.45, 7) is 4.62. The predicted molar refractivity (Wildman–Crippen MR) is 94.3 cm³/mol. The number of carbonyl (C=O) groups is 3. The Balaban J connectivity index is 1.71. The van der Waals surface area contributed by atoms with Gasteiger partial charge in [0.15, 0.2) is 0 Å². The highest BCUT2D eigenvalue weighted by Crippen LogP contribution is 2.22. The number of rotatable bonds is 2. The minimum absolute atomic E-state index is 0.0337. The highest BCUT2D eigenvalue weighted by atomic mass is 16.2. The van der Waals surface area contributed by atoms with Crippen LogP contribution in [-0.4, -0.2) is 60.4 Å². The maximum Gasteiger partial charge on any atom is 0.322 e. The molecule has 7 nitrogen and oxygen atoms in total. The summed E-state index contributed by atoms with van der Waals surface area (Å²) in [5.41, 5.74) is 0.981. The number of urea groups is 1. The molecule has 7 heteroatoms. The van der Waals surface area contributed by atoms with Crippen LogP contribution in [0.5, 0.6) is 0 Å². The number of piperidine rings is 1. The maximum atomic E-state index is 12.8. The first kappa shape index (κ1) is 17.3. The van der Waals surface area contributed by atoms with Crippen molar-refractivity contribution in [2.45, 2.75) is 19.8 Å². The van der Waals surface area contributed by atoms with Gasteiger partial charge in [0, 0.05) is 26.2 Å². The molecule has 0 saturated carbocycles. The molecule has 0 unspecified atom stereocenters. The molecule has 0 atom stereocenters. The van der Waals surface area contributed by atoms with E-state index in [1.165, 1.54) is 4.90 Å². The SMILES string of the molecule is CC1CCN(C(=O)c2ccccc2NC(=O)N2CCNC(=O)C2)CC1. The third-order valence-corrected chi connectivity index (χ3v) is 4.80. The van der Waals surface area contributed by atoms with Gasteiger partial charge < -0.3 is 20.4 Å². The molecule has 2 fully saturated rings. The second-order valence-electron chi connectivity index (χ2n) is 6.72. The normalized spacial score (nSPS) is 18.7. The van der Waals surface area contributed by atoms with Crippen LogP contribution in [0.2, 0.25) is 0 Å². The van der Waals surface area contributed by atoms with Gasteiger partial charge in [-0.1, -0.05) is 19.1 Å². The molecule has 0 radical (unpaired) electrons. The van der Waals surface area contributed by atoms with Crippen LogP contribution in [0.25, 0.3) is 0 Å².